The lowest BCUT2D eigenvalue weighted by Crippen LogP contribution is -2.00. The summed E-state index contributed by atoms with van der Waals surface area (Å²) < 4.78 is 1.79. The molecule has 0 bridgehead atoms. The minimum atomic E-state index is 0.185. The van der Waals surface area contributed by atoms with Gasteiger partial charge in [0.15, 0.2) is 0 Å². The van der Waals surface area contributed by atoms with E-state index in [1.54, 1.807) is 4.68 Å². The molecule has 0 aliphatic heterocycles. The Morgan fingerprint density at radius 3 is 2.71 bits per heavy atom. The molecule has 1 aromatic heterocycles. The van der Waals surface area contributed by atoms with Crippen molar-refractivity contribution in [3.63, 3.8) is 0 Å². The quantitative estimate of drug-likeness (QED) is 0.883. The SMILES string of the molecule is OCCCc1cn(Cc2ccc(Cl)cc2)nn1. The number of hydrogen-bond acceptors (Lipinski definition) is 3. The number of aryl methyl sites for hydroxylation is 1. The number of aliphatic hydroxyl groups excluding tert-OH is 1. The van der Waals surface area contributed by atoms with Crippen molar-refractivity contribution in [1.82, 2.24) is 15.0 Å². The average molecular weight is 252 g/mol. The number of benzene rings is 1. The molecule has 0 saturated heterocycles. The standard InChI is InChI=1S/C12H14ClN3O/c13-11-5-3-10(4-6-11)8-16-9-12(14-15-16)2-1-7-17/h3-6,9,17H,1-2,7-8H2. The second kappa shape index (κ2) is 5.80. The van der Waals surface area contributed by atoms with Crippen LogP contribution in [0, 0.1) is 0 Å². The van der Waals surface area contributed by atoms with Crippen molar-refractivity contribution >= 4 is 11.6 Å². The number of rotatable bonds is 5. The van der Waals surface area contributed by atoms with E-state index in [1.165, 1.54) is 0 Å². The third-order valence-electron chi connectivity index (χ3n) is 2.43. The lowest BCUT2D eigenvalue weighted by Gasteiger charge is -2.00. The van der Waals surface area contributed by atoms with E-state index < -0.39 is 0 Å². The summed E-state index contributed by atoms with van der Waals surface area (Å²) in [4.78, 5) is 0. The van der Waals surface area contributed by atoms with E-state index in [1.807, 2.05) is 30.5 Å². The molecule has 0 unspecified atom stereocenters. The second-order valence-electron chi connectivity index (χ2n) is 3.86. The van der Waals surface area contributed by atoms with Crippen molar-refractivity contribution in [3.8, 4) is 0 Å². The second-order valence-corrected chi connectivity index (χ2v) is 4.30. The van der Waals surface area contributed by atoms with Crippen molar-refractivity contribution < 1.29 is 5.11 Å². The summed E-state index contributed by atoms with van der Waals surface area (Å²) in [5.41, 5.74) is 2.04. The molecule has 5 heteroatoms. The summed E-state index contributed by atoms with van der Waals surface area (Å²) in [6.07, 6.45) is 3.39. The molecule has 0 fully saturated rings. The van der Waals surface area contributed by atoms with E-state index in [-0.39, 0.29) is 6.61 Å². The molecule has 0 radical (unpaired) electrons. The zero-order chi connectivity index (χ0) is 12.1. The summed E-state index contributed by atoms with van der Waals surface area (Å²) in [6, 6.07) is 7.66. The van der Waals surface area contributed by atoms with Crippen LogP contribution >= 0.6 is 11.6 Å². The van der Waals surface area contributed by atoms with Gasteiger partial charge >= 0.3 is 0 Å². The lowest BCUT2D eigenvalue weighted by atomic mass is 10.2. The maximum absolute atomic E-state index is 8.73. The topological polar surface area (TPSA) is 50.9 Å². The van der Waals surface area contributed by atoms with Crippen LogP contribution in [0.1, 0.15) is 17.7 Å². The maximum atomic E-state index is 8.73. The first-order valence-corrected chi connectivity index (χ1v) is 5.90. The number of aromatic nitrogens is 3. The number of halogens is 1. The van der Waals surface area contributed by atoms with Crippen LogP contribution in [0.5, 0.6) is 0 Å². The minimum absolute atomic E-state index is 0.185. The highest BCUT2D eigenvalue weighted by Crippen LogP contribution is 2.10. The van der Waals surface area contributed by atoms with E-state index in [0.717, 1.165) is 29.1 Å². The monoisotopic (exact) mass is 251 g/mol. The molecule has 2 aromatic rings. The number of nitrogens with zero attached hydrogens (tertiary/aromatic N) is 3. The Hall–Kier alpha value is -1.39. The summed E-state index contributed by atoms with van der Waals surface area (Å²) in [7, 11) is 0. The number of hydrogen-bond donors (Lipinski definition) is 1. The molecular weight excluding hydrogens is 238 g/mol. The first kappa shape index (κ1) is 12.1. The van der Waals surface area contributed by atoms with Crippen molar-refractivity contribution in [2.24, 2.45) is 0 Å². The highest BCUT2D eigenvalue weighted by molar-refractivity contribution is 6.30. The third-order valence-corrected chi connectivity index (χ3v) is 2.69. The van der Waals surface area contributed by atoms with Gasteiger partial charge in [0, 0.05) is 17.8 Å². The molecule has 4 nitrogen and oxygen atoms in total. The van der Waals surface area contributed by atoms with Gasteiger partial charge in [0.2, 0.25) is 0 Å². The largest absolute Gasteiger partial charge is 0.396 e. The average Bonchev–Trinajstić information content (AvgIpc) is 2.77. The summed E-state index contributed by atoms with van der Waals surface area (Å²) in [5, 5.41) is 17.5. The Balaban J connectivity index is 1.98. The molecule has 0 atom stereocenters. The van der Waals surface area contributed by atoms with Gasteiger partial charge in [-0.25, -0.2) is 4.68 Å². The van der Waals surface area contributed by atoms with Gasteiger partial charge in [0.1, 0.15) is 0 Å². The molecule has 0 amide bonds. The molecule has 1 aromatic carbocycles. The fraction of sp³-hybridized carbons (Fsp3) is 0.333. The third kappa shape index (κ3) is 3.54. The van der Waals surface area contributed by atoms with E-state index in [0.29, 0.717) is 6.54 Å². The van der Waals surface area contributed by atoms with Crippen LogP contribution in [-0.2, 0) is 13.0 Å². The van der Waals surface area contributed by atoms with Gasteiger partial charge in [0.05, 0.1) is 12.2 Å². The van der Waals surface area contributed by atoms with Crippen LogP contribution < -0.4 is 0 Å². The molecule has 17 heavy (non-hydrogen) atoms. The molecule has 1 heterocycles. The Morgan fingerprint density at radius 2 is 2.00 bits per heavy atom. The highest BCUT2D eigenvalue weighted by Gasteiger charge is 2.01. The molecule has 90 valence electrons. The summed E-state index contributed by atoms with van der Waals surface area (Å²) in [5.74, 6) is 0. The Kier molecular flexibility index (Phi) is 4.12. The van der Waals surface area contributed by atoms with Crippen molar-refractivity contribution in [1.29, 1.82) is 0 Å². The van der Waals surface area contributed by atoms with Crippen molar-refractivity contribution in [2.75, 3.05) is 6.61 Å². The van der Waals surface area contributed by atoms with E-state index in [2.05, 4.69) is 10.3 Å². The highest BCUT2D eigenvalue weighted by atomic mass is 35.5. The van der Waals surface area contributed by atoms with Gasteiger partial charge in [-0.1, -0.05) is 28.9 Å². The first-order chi connectivity index (χ1) is 8.28. The van der Waals surface area contributed by atoms with Crippen LogP contribution in [0.2, 0.25) is 5.02 Å². The summed E-state index contributed by atoms with van der Waals surface area (Å²) in [6.45, 7) is 0.868. The normalized spacial score (nSPS) is 10.7. The maximum Gasteiger partial charge on any atom is 0.0828 e. The molecular formula is C12H14ClN3O. The number of aliphatic hydroxyl groups is 1. The van der Waals surface area contributed by atoms with Gasteiger partial charge in [-0.05, 0) is 30.5 Å². The predicted molar refractivity (Wildman–Crippen MR) is 66.0 cm³/mol. The fourth-order valence-electron chi connectivity index (χ4n) is 1.57. The molecule has 0 aliphatic carbocycles. The molecule has 1 N–H and O–H groups in total. The van der Waals surface area contributed by atoms with Crippen LogP contribution in [0.15, 0.2) is 30.5 Å². The smallest absolute Gasteiger partial charge is 0.0828 e. The van der Waals surface area contributed by atoms with E-state index in [9.17, 15) is 0 Å². The van der Waals surface area contributed by atoms with Crippen LogP contribution in [0.3, 0.4) is 0 Å². The lowest BCUT2D eigenvalue weighted by molar-refractivity contribution is 0.288. The van der Waals surface area contributed by atoms with Gasteiger partial charge in [0.25, 0.3) is 0 Å². The minimum Gasteiger partial charge on any atom is -0.396 e. The first-order valence-electron chi connectivity index (χ1n) is 5.52. The van der Waals surface area contributed by atoms with Gasteiger partial charge in [-0.3, -0.25) is 0 Å². The fourth-order valence-corrected chi connectivity index (χ4v) is 1.69. The molecule has 0 spiro atoms. The Labute approximate surface area is 105 Å². The van der Waals surface area contributed by atoms with Gasteiger partial charge in [-0.2, -0.15) is 0 Å². The van der Waals surface area contributed by atoms with E-state index >= 15 is 0 Å². The van der Waals surface area contributed by atoms with Crippen LogP contribution in [0.25, 0.3) is 0 Å². The zero-order valence-electron chi connectivity index (χ0n) is 9.38. The molecule has 0 aliphatic rings. The van der Waals surface area contributed by atoms with Gasteiger partial charge < -0.3 is 5.11 Å². The Morgan fingerprint density at radius 1 is 1.24 bits per heavy atom. The van der Waals surface area contributed by atoms with Crippen LogP contribution in [-0.4, -0.2) is 26.7 Å². The summed E-state index contributed by atoms with van der Waals surface area (Å²) >= 11 is 5.82. The molecule has 0 saturated carbocycles. The Bertz CT molecular complexity index is 467. The van der Waals surface area contributed by atoms with E-state index in [4.69, 9.17) is 16.7 Å². The molecule has 2 rings (SSSR count). The zero-order valence-corrected chi connectivity index (χ0v) is 10.1. The predicted octanol–water partition coefficient (Wildman–Crippen LogP) is 1.90. The van der Waals surface area contributed by atoms with Crippen LogP contribution in [0.4, 0.5) is 0 Å². The van der Waals surface area contributed by atoms with Gasteiger partial charge in [-0.15, -0.1) is 5.10 Å². The van der Waals surface area contributed by atoms with Crippen molar-refractivity contribution in [2.45, 2.75) is 19.4 Å². The van der Waals surface area contributed by atoms with Crippen molar-refractivity contribution in [3.05, 3.63) is 46.7 Å².